The van der Waals surface area contributed by atoms with Crippen LogP contribution < -0.4 is 5.32 Å². The summed E-state index contributed by atoms with van der Waals surface area (Å²) in [5.41, 5.74) is 1.42. The largest absolute Gasteiger partial charge is 0.462 e. The zero-order valence-corrected chi connectivity index (χ0v) is 10.0. The van der Waals surface area contributed by atoms with Crippen molar-refractivity contribution in [1.29, 1.82) is 0 Å². The molecule has 0 unspecified atom stereocenters. The number of aromatic nitrogens is 2. The second-order valence-electron chi connectivity index (χ2n) is 3.20. The predicted octanol–water partition coefficient (Wildman–Crippen LogP) is 2.46. The molecule has 5 nitrogen and oxygen atoms in total. The summed E-state index contributed by atoms with van der Waals surface area (Å²) in [5.74, 6) is -0.307. The Bertz CT molecular complexity index is 482. The van der Waals surface area contributed by atoms with Crippen molar-refractivity contribution in [3.63, 3.8) is 0 Å². The number of hydrogen-bond donors (Lipinski definition) is 1. The summed E-state index contributed by atoms with van der Waals surface area (Å²) >= 11 is 1.27. The normalized spacial score (nSPS) is 9.94. The Labute approximate surface area is 103 Å². The highest BCUT2D eigenvalue weighted by molar-refractivity contribution is 7.09. The fraction of sp³-hybridized carbons (Fsp3) is 0.182. The number of hydrogen-bond acceptors (Lipinski definition) is 6. The lowest BCUT2D eigenvalue weighted by Crippen LogP contribution is -2.04. The maximum Gasteiger partial charge on any atom is 0.338 e. The van der Waals surface area contributed by atoms with Crippen LogP contribution in [0.15, 0.2) is 30.5 Å². The first-order valence-corrected chi connectivity index (χ1v) is 5.88. The molecular formula is C11H11N3O2S. The molecular weight excluding hydrogens is 238 g/mol. The first-order chi connectivity index (χ1) is 8.29. The Kier molecular flexibility index (Phi) is 3.66. The van der Waals surface area contributed by atoms with Crippen LogP contribution in [-0.2, 0) is 4.74 Å². The summed E-state index contributed by atoms with van der Waals surface area (Å²) in [4.78, 5) is 11.4. The van der Waals surface area contributed by atoms with E-state index in [1.165, 1.54) is 11.5 Å². The molecule has 88 valence electrons. The molecule has 1 aromatic carbocycles. The fourth-order valence-corrected chi connectivity index (χ4v) is 1.71. The highest BCUT2D eigenvalue weighted by Crippen LogP contribution is 2.18. The Balaban J connectivity index is 2.05. The van der Waals surface area contributed by atoms with Gasteiger partial charge in [0.25, 0.3) is 0 Å². The van der Waals surface area contributed by atoms with Gasteiger partial charge in [0, 0.05) is 17.2 Å². The standard InChI is InChI=1S/C11H11N3O2S/c1-2-16-11(15)8-3-5-9(6-4-8)13-10-7-12-14-17-10/h3-7,13H,2H2,1H3. The van der Waals surface area contributed by atoms with Crippen molar-refractivity contribution in [1.82, 2.24) is 9.59 Å². The molecule has 2 aromatic rings. The van der Waals surface area contributed by atoms with Gasteiger partial charge in [-0.15, -0.1) is 5.10 Å². The zero-order chi connectivity index (χ0) is 12.1. The lowest BCUT2D eigenvalue weighted by molar-refractivity contribution is 0.0526. The minimum absolute atomic E-state index is 0.307. The van der Waals surface area contributed by atoms with Crippen molar-refractivity contribution in [2.24, 2.45) is 0 Å². The molecule has 0 aliphatic heterocycles. The molecule has 2 rings (SSSR count). The van der Waals surface area contributed by atoms with Crippen molar-refractivity contribution in [3.05, 3.63) is 36.0 Å². The van der Waals surface area contributed by atoms with Crippen LogP contribution in [0.5, 0.6) is 0 Å². The van der Waals surface area contributed by atoms with E-state index in [0.29, 0.717) is 12.2 Å². The van der Waals surface area contributed by atoms with Gasteiger partial charge in [0.2, 0.25) is 0 Å². The van der Waals surface area contributed by atoms with E-state index in [1.54, 1.807) is 25.3 Å². The average Bonchev–Trinajstić information content (AvgIpc) is 2.83. The Hall–Kier alpha value is -1.95. The Morgan fingerprint density at radius 1 is 1.41 bits per heavy atom. The summed E-state index contributed by atoms with van der Waals surface area (Å²) in [6.45, 7) is 2.16. The number of esters is 1. The van der Waals surface area contributed by atoms with Crippen molar-refractivity contribution in [3.8, 4) is 0 Å². The van der Waals surface area contributed by atoms with Crippen LogP contribution in [0.3, 0.4) is 0 Å². The number of carbonyl (C=O) groups is 1. The van der Waals surface area contributed by atoms with Gasteiger partial charge in [-0.1, -0.05) is 4.49 Å². The molecule has 0 aliphatic rings. The van der Waals surface area contributed by atoms with Gasteiger partial charge in [-0.2, -0.15) is 0 Å². The lowest BCUT2D eigenvalue weighted by atomic mass is 10.2. The molecule has 6 heteroatoms. The molecule has 1 N–H and O–H groups in total. The molecule has 0 atom stereocenters. The second kappa shape index (κ2) is 5.40. The number of anilines is 2. The summed E-state index contributed by atoms with van der Waals surface area (Å²) in [7, 11) is 0. The van der Waals surface area contributed by atoms with Gasteiger partial charge in [0.05, 0.1) is 18.4 Å². The topological polar surface area (TPSA) is 64.1 Å². The monoisotopic (exact) mass is 249 g/mol. The Morgan fingerprint density at radius 3 is 2.76 bits per heavy atom. The van der Waals surface area contributed by atoms with E-state index < -0.39 is 0 Å². The first kappa shape index (κ1) is 11.5. The minimum Gasteiger partial charge on any atom is -0.462 e. The maximum atomic E-state index is 11.4. The van der Waals surface area contributed by atoms with Crippen LogP contribution in [-0.4, -0.2) is 22.2 Å². The van der Waals surface area contributed by atoms with Gasteiger partial charge in [-0.3, -0.25) is 0 Å². The maximum absolute atomic E-state index is 11.4. The van der Waals surface area contributed by atoms with E-state index in [9.17, 15) is 4.79 Å². The number of ether oxygens (including phenoxy) is 1. The average molecular weight is 249 g/mol. The number of rotatable bonds is 4. The van der Waals surface area contributed by atoms with E-state index in [2.05, 4.69) is 14.9 Å². The molecule has 17 heavy (non-hydrogen) atoms. The van der Waals surface area contributed by atoms with Gasteiger partial charge in [-0.05, 0) is 31.2 Å². The Morgan fingerprint density at radius 2 is 2.18 bits per heavy atom. The molecule has 0 saturated carbocycles. The highest BCUT2D eigenvalue weighted by Gasteiger charge is 2.05. The quantitative estimate of drug-likeness (QED) is 0.843. The van der Waals surface area contributed by atoms with Crippen LogP contribution in [0.2, 0.25) is 0 Å². The SMILES string of the molecule is CCOC(=O)c1ccc(Nc2cnns2)cc1. The number of nitrogens with zero attached hydrogens (tertiary/aromatic N) is 2. The van der Waals surface area contributed by atoms with E-state index in [-0.39, 0.29) is 5.97 Å². The molecule has 0 radical (unpaired) electrons. The van der Waals surface area contributed by atoms with Crippen LogP contribution >= 0.6 is 11.5 Å². The van der Waals surface area contributed by atoms with Crippen LogP contribution in [0, 0.1) is 0 Å². The van der Waals surface area contributed by atoms with Gasteiger partial charge >= 0.3 is 5.97 Å². The summed E-state index contributed by atoms with van der Waals surface area (Å²) in [6.07, 6.45) is 1.64. The summed E-state index contributed by atoms with van der Waals surface area (Å²) in [6, 6.07) is 7.06. The van der Waals surface area contributed by atoms with Crippen molar-refractivity contribution in [2.75, 3.05) is 11.9 Å². The van der Waals surface area contributed by atoms with Crippen LogP contribution in [0.25, 0.3) is 0 Å². The number of nitrogens with one attached hydrogen (secondary N) is 1. The second-order valence-corrected chi connectivity index (χ2v) is 3.99. The zero-order valence-electron chi connectivity index (χ0n) is 9.21. The molecule has 0 amide bonds. The summed E-state index contributed by atoms with van der Waals surface area (Å²) in [5, 5.41) is 7.70. The van der Waals surface area contributed by atoms with E-state index >= 15 is 0 Å². The molecule has 0 spiro atoms. The molecule has 1 aromatic heterocycles. The number of carbonyl (C=O) groups excluding carboxylic acids is 1. The molecule has 0 bridgehead atoms. The molecule has 0 aliphatic carbocycles. The van der Waals surface area contributed by atoms with Crippen molar-refractivity contribution >= 4 is 28.2 Å². The van der Waals surface area contributed by atoms with Gasteiger partial charge in [-0.25, -0.2) is 4.79 Å². The van der Waals surface area contributed by atoms with Crippen LogP contribution in [0.1, 0.15) is 17.3 Å². The molecule has 0 fully saturated rings. The number of benzene rings is 1. The van der Waals surface area contributed by atoms with Crippen molar-refractivity contribution in [2.45, 2.75) is 6.92 Å². The fourth-order valence-electron chi connectivity index (χ4n) is 1.27. The van der Waals surface area contributed by atoms with Gasteiger partial charge in [0.1, 0.15) is 5.00 Å². The smallest absolute Gasteiger partial charge is 0.338 e. The highest BCUT2D eigenvalue weighted by atomic mass is 32.1. The minimum atomic E-state index is -0.307. The van der Waals surface area contributed by atoms with E-state index in [4.69, 9.17) is 4.74 Å². The summed E-state index contributed by atoms with van der Waals surface area (Å²) < 4.78 is 8.64. The van der Waals surface area contributed by atoms with Crippen molar-refractivity contribution < 1.29 is 9.53 Å². The lowest BCUT2D eigenvalue weighted by Gasteiger charge is -2.04. The van der Waals surface area contributed by atoms with E-state index in [0.717, 1.165) is 10.7 Å². The first-order valence-electron chi connectivity index (χ1n) is 5.11. The predicted molar refractivity (Wildman–Crippen MR) is 65.6 cm³/mol. The third kappa shape index (κ3) is 3.01. The third-order valence-corrected chi connectivity index (χ3v) is 2.60. The van der Waals surface area contributed by atoms with E-state index in [1.807, 2.05) is 12.1 Å². The third-order valence-electron chi connectivity index (χ3n) is 2.02. The van der Waals surface area contributed by atoms with Gasteiger partial charge in [0.15, 0.2) is 0 Å². The molecule has 0 saturated heterocycles. The van der Waals surface area contributed by atoms with Gasteiger partial charge < -0.3 is 10.1 Å². The van der Waals surface area contributed by atoms with Crippen LogP contribution in [0.4, 0.5) is 10.7 Å². The molecule has 1 heterocycles.